The molecular formula is C17H24N4O2. The van der Waals surface area contributed by atoms with E-state index < -0.39 is 0 Å². The first-order valence-corrected chi connectivity index (χ1v) is 8.46. The molecule has 6 nitrogen and oxygen atoms in total. The lowest BCUT2D eigenvalue weighted by Crippen LogP contribution is -2.45. The second-order valence-electron chi connectivity index (χ2n) is 6.27. The molecule has 2 aliphatic heterocycles. The summed E-state index contributed by atoms with van der Waals surface area (Å²) < 4.78 is 0. The first kappa shape index (κ1) is 15.8. The van der Waals surface area contributed by atoms with Crippen molar-refractivity contribution in [1.29, 1.82) is 0 Å². The van der Waals surface area contributed by atoms with Gasteiger partial charge in [0, 0.05) is 45.5 Å². The zero-order chi connectivity index (χ0) is 16.1. The Morgan fingerprint density at radius 1 is 0.957 bits per heavy atom. The number of rotatable bonds is 3. The van der Waals surface area contributed by atoms with Crippen molar-refractivity contribution < 1.29 is 9.59 Å². The lowest BCUT2D eigenvalue weighted by Gasteiger charge is -2.34. The van der Waals surface area contributed by atoms with Crippen molar-refractivity contribution in [2.75, 3.05) is 44.2 Å². The van der Waals surface area contributed by atoms with Crippen molar-refractivity contribution in [2.45, 2.75) is 25.7 Å². The fourth-order valence-corrected chi connectivity index (χ4v) is 3.26. The third kappa shape index (κ3) is 3.81. The second kappa shape index (κ2) is 7.44. The highest BCUT2D eigenvalue weighted by molar-refractivity contribution is 5.94. The molecule has 3 heterocycles. The van der Waals surface area contributed by atoms with Gasteiger partial charge < -0.3 is 14.7 Å². The minimum Gasteiger partial charge on any atom is -0.367 e. The van der Waals surface area contributed by atoms with Crippen LogP contribution >= 0.6 is 0 Å². The molecule has 0 spiro atoms. The molecule has 0 atom stereocenters. The summed E-state index contributed by atoms with van der Waals surface area (Å²) in [6, 6.07) is 1.94. The van der Waals surface area contributed by atoms with E-state index in [1.54, 1.807) is 17.3 Å². The molecule has 0 saturated carbocycles. The van der Waals surface area contributed by atoms with Crippen LogP contribution in [0.2, 0.25) is 0 Å². The Hall–Kier alpha value is -2.11. The summed E-state index contributed by atoms with van der Waals surface area (Å²) in [4.78, 5) is 33.7. The van der Waals surface area contributed by atoms with Crippen molar-refractivity contribution in [3.63, 3.8) is 0 Å². The fourth-order valence-electron chi connectivity index (χ4n) is 3.26. The van der Waals surface area contributed by atoms with E-state index in [1.807, 2.05) is 11.0 Å². The predicted octanol–water partition coefficient (Wildman–Crippen LogP) is 1.38. The molecule has 0 bridgehead atoms. The van der Waals surface area contributed by atoms with Crippen LogP contribution in [0.15, 0.2) is 18.5 Å². The van der Waals surface area contributed by atoms with E-state index in [-0.39, 0.29) is 5.91 Å². The van der Waals surface area contributed by atoms with E-state index in [9.17, 15) is 9.59 Å². The van der Waals surface area contributed by atoms with Crippen LogP contribution in [0.3, 0.4) is 0 Å². The maximum atomic E-state index is 12.7. The van der Waals surface area contributed by atoms with Gasteiger partial charge in [0.15, 0.2) is 0 Å². The molecule has 1 aromatic rings. The molecule has 0 unspecified atom stereocenters. The number of nitrogens with zero attached hydrogens (tertiary/aromatic N) is 4. The number of likely N-dealkylation sites (tertiary alicyclic amines) is 1. The normalized spacial score (nSPS) is 19.4. The minimum atomic E-state index is 0.0905. The van der Waals surface area contributed by atoms with Gasteiger partial charge >= 0.3 is 0 Å². The molecule has 0 aliphatic carbocycles. The Morgan fingerprint density at radius 3 is 2.30 bits per heavy atom. The lowest BCUT2D eigenvalue weighted by atomic mass is 10.2. The zero-order valence-corrected chi connectivity index (χ0v) is 13.5. The number of piperazine rings is 1. The number of aromatic nitrogens is 1. The number of amides is 2. The number of hydrogen-bond donors (Lipinski definition) is 0. The van der Waals surface area contributed by atoms with Gasteiger partial charge in [0.25, 0.3) is 5.91 Å². The number of anilines is 1. The number of carbonyl (C=O) groups is 2. The largest absolute Gasteiger partial charge is 0.367 e. The van der Waals surface area contributed by atoms with Crippen molar-refractivity contribution in [2.24, 2.45) is 0 Å². The van der Waals surface area contributed by atoms with Crippen LogP contribution in [0, 0.1) is 0 Å². The molecular weight excluding hydrogens is 292 g/mol. The van der Waals surface area contributed by atoms with E-state index in [4.69, 9.17) is 0 Å². The SMILES string of the molecule is O=CN1CCN(c2cncc(C(=O)N3CCCCCC3)c2)CC1. The standard InChI is InChI=1S/C17H24N4O2/c22-14-19-7-9-20(10-8-19)16-11-15(12-18-13-16)17(23)21-5-3-1-2-4-6-21/h11-14H,1-10H2. The van der Waals surface area contributed by atoms with Crippen molar-refractivity contribution in [3.8, 4) is 0 Å². The molecule has 1 aromatic heterocycles. The molecule has 124 valence electrons. The predicted molar refractivity (Wildman–Crippen MR) is 88.5 cm³/mol. The van der Waals surface area contributed by atoms with Crippen LogP contribution in [0.1, 0.15) is 36.0 Å². The molecule has 3 rings (SSSR count). The Morgan fingerprint density at radius 2 is 1.65 bits per heavy atom. The van der Waals surface area contributed by atoms with Gasteiger partial charge in [-0.15, -0.1) is 0 Å². The van der Waals surface area contributed by atoms with Crippen LogP contribution in [0.4, 0.5) is 5.69 Å². The summed E-state index contributed by atoms with van der Waals surface area (Å²) in [5.41, 5.74) is 1.64. The van der Waals surface area contributed by atoms with Crippen LogP contribution < -0.4 is 4.90 Å². The summed E-state index contributed by atoms with van der Waals surface area (Å²) in [6.07, 6.45) is 8.97. The Kier molecular flexibility index (Phi) is 5.10. The zero-order valence-electron chi connectivity index (χ0n) is 13.5. The Balaban J connectivity index is 1.69. The van der Waals surface area contributed by atoms with Crippen LogP contribution in [-0.4, -0.2) is 66.4 Å². The average Bonchev–Trinajstić information content (AvgIpc) is 2.91. The molecule has 2 aliphatic rings. The molecule has 0 N–H and O–H groups in total. The van der Waals surface area contributed by atoms with Crippen molar-refractivity contribution in [3.05, 3.63) is 24.0 Å². The first-order chi connectivity index (χ1) is 11.3. The van der Waals surface area contributed by atoms with Gasteiger partial charge in [-0.1, -0.05) is 12.8 Å². The first-order valence-electron chi connectivity index (χ1n) is 8.46. The second-order valence-corrected chi connectivity index (χ2v) is 6.27. The number of carbonyl (C=O) groups excluding carboxylic acids is 2. The molecule has 2 fully saturated rings. The summed E-state index contributed by atoms with van der Waals surface area (Å²) >= 11 is 0. The highest BCUT2D eigenvalue weighted by Gasteiger charge is 2.20. The quantitative estimate of drug-likeness (QED) is 0.791. The topological polar surface area (TPSA) is 56.8 Å². The van der Waals surface area contributed by atoms with Gasteiger partial charge in [-0.25, -0.2) is 0 Å². The molecule has 2 saturated heterocycles. The van der Waals surface area contributed by atoms with Gasteiger partial charge in [-0.3, -0.25) is 14.6 Å². The van der Waals surface area contributed by atoms with Crippen molar-refractivity contribution in [1.82, 2.24) is 14.8 Å². The van der Waals surface area contributed by atoms with E-state index in [2.05, 4.69) is 9.88 Å². The molecule has 2 amide bonds. The van der Waals surface area contributed by atoms with Crippen LogP contribution in [0.25, 0.3) is 0 Å². The fraction of sp³-hybridized carbons (Fsp3) is 0.588. The summed E-state index contributed by atoms with van der Waals surface area (Å²) in [7, 11) is 0. The number of pyridine rings is 1. The van der Waals surface area contributed by atoms with Crippen LogP contribution in [0.5, 0.6) is 0 Å². The number of hydrogen-bond acceptors (Lipinski definition) is 4. The summed E-state index contributed by atoms with van der Waals surface area (Å²) in [5.74, 6) is 0.0905. The molecule has 0 radical (unpaired) electrons. The van der Waals surface area contributed by atoms with Gasteiger partial charge in [-0.2, -0.15) is 0 Å². The van der Waals surface area contributed by atoms with E-state index in [0.717, 1.165) is 51.1 Å². The van der Waals surface area contributed by atoms with Gasteiger partial charge in [0.05, 0.1) is 17.4 Å². The van der Waals surface area contributed by atoms with E-state index >= 15 is 0 Å². The highest BCUT2D eigenvalue weighted by atomic mass is 16.2. The Bertz CT molecular complexity index is 547. The third-order valence-electron chi connectivity index (χ3n) is 4.69. The maximum Gasteiger partial charge on any atom is 0.255 e. The van der Waals surface area contributed by atoms with Crippen molar-refractivity contribution >= 4 is 18.0 Å². The highest BCUT2D eigenvalue weighted by Crippen LogP contribution is 2.19. The van der Waals surface area contributed by atoms with Crippen LogP contribution in [-0.2, 0) is 4.79 Å². The molecule has 23 heavy (non-hydrogen) atoms. The third-order valence-corrected chi connectivity index (χ3v) is 4.69. The van der Waals surface area contributed by atoms with Gasteiger partial charge in [-0.05, 0) is 18.9 Å². The summed E-state index contributed by atoms with van der Waals surface area (Å²) in [5, 5.41) is 0. The molecule has 0 aromatic carbocycles. The summed E-state index contributed by atoms with van der Waals surface area (Å²) in [6.45, 7) is 4.69. The van der Waals surface area contributed by atoms with E-state index in [1.165, 1.54) is 12.8 Å². The Labute approximate surface area is 137 Å². The smallest absolute Gasteiger partial charge is 0.255 e. The lowest BCUT2D eigenvalue weighted by molar-refractivity contribution is -0.118. The van der Waals surface area contributed by atoms with Gasteiger partial charge in [0.1, 0.15) is 0 Å². The average molecular weight is 316 g/mol. The minimum absolute atomic E-state index is 0.0905. The van der Waals surface area contributed by atoms with Gasteiger partial charge in [0.2, 0.25) is 6.41 Å². The maximum absolute atomic E-state index is 12.7. The van der Waals surface area contributed by atoms with E-state index in [0.29, 0.717) is 18.7 Å². The monoisotopic (exact) mass is 316 g/mol. The molecule has 6 heteroatoms.